The van der Waals surface area contributed by atoms with E-state index in [-0.39, 0.29) is 26.2 Å². The second kappa shape index (κ2) is 10.6. The summed E-state index contributed by atoms with van der Waals surface area (Å²) in [6.07, 6.45) is -0.159. The number of hydrogen-bond acceptors (Lipinski definition) is 5. The molecule has 0 aliphatic rings. The maximum Gasteiger partial charge on any atom is 0.338 e. The Morgan fingerprint density at radius 3 is 2.19 bits per heavy atom. The Balaban J connectivity index is 2.22. The molecule has 2 rings (SSSR count). The normalized spacial score (nSPS) is 12.6. The number of ether oxygens (including phenoxy) is 1. The number of rotatable bonds is 10. The van der Waals surface area contributed by atoms with Crippen molar-refractivity contribution in [3.8, 4) is 0 Å². The highest BCUT2D eigenvalue weighted by Crippen LogP contribution is 2.63. The van der Waals surface area contributed by atoms with E-state index in [1.54, 1.807) is 38.1 Å². The van der Waals surface area contributed by atoms with Gasteiger partial charge >= 0.3 is 13.6 Å². The lowest BCUT2D eigenvalue weighted by Gasteiger charge is -2.26. The Morgan fingerprint density at radius 2 is 1.59 bits per heavy atom. The van der Waals surface area contributed by atoms with E-state index in [1.807, 2.05) is 30.3 Å². The Morgan fingerprint density at radius 1 is 1.00 bits per heavy atom. The van der Waals surface area contributed by atoms with E-state index in [2.05, 4.69) is 0 Å². The lowest BCUT2D eigenvalue weighted by Crippen LogP contribution is -2.14. The fourth-order valence-electron chi connectivity index (χ4n) is 2.67. The molecular formula is C20H24ClO5P. The predicted octanol–water partition coefficient (Wildman–Crippen LogP) is 5.78. The quantitative estimate of drug-likeness (QED) is 0.367. The van der Waals surface area contributed by atoms with E-state index in [4.69, 9.17) is 25.4 Å². The second-order valence-electron chi connectivity index (χ2n) is 5.76. The Labute approximate surface area is 165 Å². The van der Waals surface area contributed by atoms with Crippen LogP contribution in [-0.4, -0.2) is 19.2 Å². The molecule has 2 aromatic rings. The first-order chi connectivity index (χ1) is 13.0. The van der Waals surface area contributed by atoms with Crippen LogP contribution < -0.4 is 0 Å². The molecule has 0 heterocycles. The molecule has 0 fully saturated rings. The van der Waals surface area contributed by atoms with E-state index in [1.165, 1.54) is 0 Å². The van der Waals surface area contributed by atoms with Gasteiger partial charge in [0.05, 0.1) is 25.3 Å². The lowest BCUT2D eigenvalue weighted by atomic mass is 10.1. The third kappa shape index (κ3) is 6.18. The molecule has 27 heavy (non-hydrogen) atoms. The molecule has 0 radical (unpaired) electrons. The van der Waals surface area contributed by atoms with Gasteiger partial charge in [0.1, 0.15) is 6.61 Å². The van der Waals surface area contributed by atoms with Gasteiger partial charge in [-0.3, -0.25) is 9.36 Å². The largest absolute Gasteiger partial charge is 0.461 e. The molecule has 0 aliphatic heterocycles. The van der Waals surface area contributed by atoms with E-state index < -0.39 is 19.2 Å². The summed E-state index contributed by atoms with van der Waals surface area (Å²) in [6, 6.07) is 16.3. The molecule has 2 aromatic carbocycles. The van der Waals surface area contributed by atoms with Crippen molar-refractivity contribution in [2.75, 3.05) is 13.2 Å². The molecule has 0 bridgehead atoms. The summed E-state index contributed by atoms with van der Waals surface area (Å²) in [5.74, 6) is -0.497. The monoisotopic (exact) mass is 410 g/mol. The summed E-state index contributed by atoms with van der Waals surface area (Å²) >= 11 is 6.30. The standard InChI is InChI=1S/C20H24ClO5P/c1-3-25-27(23,26-4-2)19(17-12-8-9-13-18(17)21)14-20(22)24-15-16-10-6-5-7-11-16/h5-13,19H,3-4,14-15H2,1-2H3/t19-/m1/s1. The lowest BCUT2D eigenvalue weighted by molar-refractivity contribution is -0.145. The van der Waals surface area contributed by atoms with Crippen molar-refractivity contribution in [3.05, 3.63) is 70.7 Å². The first-order valence-electron chi connectivity index (χ1n) is 8.83. The average Bonchev–Trinajstić information content (AvgIpc) is 2.66. The summed E-state index contributed by atoms with van der Waals surface area (Å²) in [7, 11) is -3.61. The summed E-state index contributed by atoms with van der Waals surface area (Å²) in [5.41, 5.74) is 0.577. The van der Waals surface area contributed by atoms with Gasteiger partial charge in [0.2, 0.25) is 0 Å². The van der Waals surface area contributed by atoms with Crippen LogP contribution in [0.15, 0.2) is 54.6 Å². The van der Waals surface area contributed by atoms with Gasteiger partial charge in [-0.05, 0) is 31.0 Å². The minimum atomic E-state index is -3.61. The van der Waals surface area contributed by atoms with Crippen molar-refractivity contribution in [2.45, 2.75) is 32.5 Å². The summed E-state index contributed by atoms with van der Waals surface area (Å²) in [5, 5.41) is 0.401. The van der Waals surface area contributed by atoms with E-state index >= 15 is 0 Å². The smallest absolute Gasteiger partial charge is 0.338 e. The molecule has 0 amide bonds. The van der Waals surface area contributed by atoms with Gasteiger partial charge in [-0.25, -0.2) is 0 Å². The van der Waals surface area contributed by atoms with Crippen molar-refractivity contribution in [1.29, 1.82) is 0 Å². The molecule has 0 saturated carbocycles. The van der Waals surface area contributed by atoms with Crippen LogP contribution in [-0.2, 0) is 29.8 Å². The Hall–Kier alpha value is -1.65. The van der Waals surface area contributed by atoms with E-state index in [0.717, 1.165) is 5.56 Å². The van der Waals surface area contributed by atoms with Gasteiger partial charge in [0.25, 0.3) is 0 Å². The molecular weight excluding hydrogens is 387 g/mol. The summed E-state index contributed by atoms with van der Waals surface area (Å²) < 4.78 is 29.7. The molecule has 0 saturated heterocycles. The second-order valence-corrected chi connectivity index (χ2v) is 8.39. The predicted molar refractivity (Wildman–Crippen MR) is 106 cm³/mol. The summed E-state index contributed by atoms with van der Waals surface area (Å²) in [6.45, 7) is 3.98. The van der Waals surface area contributed by atoms with Gasteiger partial charge in [0, 0.05) is 5.02 Å². The van der Waals surface area contributed by atoms with Gasteiger partial charge in [-0.1, -0.05) is 60.1 Å². The molecule has 0 aliphatic carbocycles. The van der Waals surface area contributed by atoms with Gasteiger partial charge in [-0.15, -0.1) is 0 Å². The zero-order valence-corrected chi connectivity index (χ0v) is 17.1. The summed E-state index contributed by atoms with van der Waals surface area (Å²) in [4.78, 5) is 12.5. The van der Waals surface area contributed by atoms with Crippen molar-refractivity contribution in [3.63, 3.8) is 0 Å². The molecule has 1 atom stereocenters. The number of hydrogen-bond donors (Lipinski definition) is 0. The minimum absolute atomic E-state index is 0.141. The van der Waals surface area contributed by atoms with Crippen LogP contribution in [0.5, 0.6) is 0 Å². The highest BCUT2D eigenvalue weighted by Gasteiger charge is 2.39. The Kier molecular flexibility index (Phi) is 8.52. The number of carbonyl (C=O) groups excluding carboxylic acids is 1. The maximum atomic E-state index is 13.4. The third-order valence-corrected chi connectivity index (χ3v) is 6.67. The minimum Gasteiger partial charge on any atom is -0.461 e. The highest BCUT2D eigenvalue weighted by atomic mass is 35.5. The number of halogens is 1. The maximum absolute atomic E-state index is 13.4. The molecule has 5 nitrogen and oxygen atoms in total. The number of esters is 1. The molecule has 0 N–H and O–H groups in total. The van der Waals surface area contributed by atoms with Crippen molar-refractivity contribution in [1.82, 2.24) is 0 Å². The van der Waals surface area contributed by atoms with E-state index in [9.17, 15) is 9.36 Å². The number of carbonyl (C=O) groups is 1. The van der Waals surface area contributed by atoms with Crippen molar-refractivity contribution >= 4 is 25.2 Å². The van der Waals surface area contributed by atoms with Crippen LogP contribution in [0.3, 0.4) is 0 Å². The van der Waals surface area contributed by atoms with Crippen LogP contribution in [0.25, 0.3) is 0 Å². The van der Waals surface area contributed by atoms with Crippen LogP contribution in [0, 0.1) is 0 Å². The molecule has 7 heteroatoms. The Bertz CT molecular complexity index is 771. The van der Waals surface area contributed by atoms with Gasteiger partial charge < -0.3 is 13.8 Å². The third-order valence-electron chi connectivity index (χ3n) is 3.87. The molecule has 146 valence electrons. The zero-order valence-electron chi connectivity index (χ0n) is 15.5. The van der Waals surface area contributed by atoms with Crippen LogP contribution in [0.4, 0.5) is 0 Å². The molecule has 0 aromatic heterocycles. The topological polar surface area (TPSA) is 61.8 Å². The SMILES string of the molecule is CCOP(=O)(OCC)[C@H](CC(=O)OCc1ccccc1)c1ccccc1Cl. The average molecular weight is 411 g/mol. The van der Waals surface area contributed by atoms with Gasteiger partial charge in [-0.2, -0.15) is 0 Å². The van der Waals surface area contributed by atoms with Crippen LogP contribution in [0.1, 0.15) is 37.1 Å². The fraction of sp³-hybridized carbons (Fsp3) is 0.350. The van der Waals surface area contributed by atoms with Crippen LogP contribution >= 0.6 is 19.2 Å². The highest BCUT2D eigenvalue weighted by molar-refractivity contribution is 7.54. The van der Waals surface area contributed by atoms with Gasteiger partial charge in [0.15, 0.2) is 0 Å². The first-order valence-corrected chi connectivity index (χ1v) is 10.8. The molecule has 0 unspecified atom stereocenters. The van der Waals surface area contributed by atoms with Crippen LogP contribution in [0.2, 0.25) is 5.02 Å². The number of benzene rings is 2. The molecule has 0 spiro atoms. The van der Waals surface area contributed by atoms with Crippen molar-refractivity contribution < 1.29 is 23.1 Å². The first kappa shape index (κ1) is 21.6. The van der Waals surface area contributed by atoms with Crippen molar-refractivity contribution in [2.24, 2.45) is 0 Å². The van der Waals surface area contributed by atoms with E-state index in [0.29, 0.717) is 10.6 Å². The fourth-order valence-corrected chi connectivity index (χ4v) is 5.11. The zero-order chi connectivity index (χ0) is 19.7.